The van der Waals surface area contributed by atoms with E-state index in [1.807, 2.05) is 35.2 Å². The number of hydrogen-bond acceptors (Lipinski definition) is 6. The van der Waals surface area contributed by atoms with Crippen LogP contribution in [0.4, 0.5) is 4.39 Å². The van der Waals surface area contributed by atoms with Gasteiger partial charge in [0, 0.05) is 13.1 Å². The Labute approximate surface area is 178 Å². The maximum atomic E-state index is 13.7. The number of nitrogens with two attached hydrogens (primary N) is 1. The molecule has 3 aromatic rings. The highest BCUT2D eigenvalue weighted by Crippen LogP contribution is 2.36. The lowest BCUT2D eigenvalue weighted by Crippen LogP contribution is -2.31. The van der Waals surface area contributed by atoms with Crippen molar-refractivity contribution in [3.05, 3.63) is 71.8 Å². The van der Waals surface area contributed by atoms with Crippen molar-refractivity contribution in [3.8, 4) is 5.75 Å². The molecule has 0 bridgehead atoms. The minimum Gasteiger partial charge on any atom is -0.482 e. The Kier molecular flexibility index (Phi) is 6.18. The largest absolute Gasteiger partial charge is 0.482 e. The summed E-state index contributed by atoms with van der Waals surface area (Å²) in [6.45, 7) is 1.49. The van der Waals surface area contributed by atoms with Gasteiger partial charge in [0.25, 0.3) is 0 Å². The fraction of sp³-hybridized carbons (Fsp3) is 0.286. The number of para-hydroxylation sites is 1. The summed E-state index contributed by atoms with van der Waals surface area (Å²) in [5.74, 6) is 6.18. The van der Waals surface area contributed by atoms with Crippen molar-refractivity contribution < 1.29 is 13.9 Å². The molecule has 0 radical (unpaired) electrons. The number of halogens is 1. The molecule has 0 unspecified atom stereocenters. The fourth-order valence-corrected chi connectivity index (χ4v) is 4.35. The second-order valence-corrected chi connectivity index (χ2v) is 8.00. The van der Waals surface area contributed by atoms with Gasteiger partial charge < -0.3 is 15.5 Å². The van der Waals surface area contributed by atoms with E-state index >= 15 is 0 Å². The van der Waals surface area contributed by atoms with E-state index in [0.29, 0.717) is 11.0 Å². The van der Waals surface area contributed by atoms with E-state index in [1.54, 1.807) is 12.1 Å². The number of ether oxygens (including phenoxy) is 1. The minimum absolute atomic E-state index is 0.0378. The SMILES string of the molecule is Nn1c(COc2ccccc2F)nnc1S[C@H](C(=O)N1CCCC1)c1ccccc1. The highest BCUT2D eigenvalue weighted by molar-refractivity contribution is 8.00. The standard InChI is InChI=1S/C21H22FN5O2S/c22-16-10-4-5-11-17(16)29-14-18-24-25-21(27(18)23)30-19(15-8-2-1-3-9-15)20(28)26-12-6-7-13-26/h1-5,8-11,19H,6-7,12-14,23H2/t19-/m0/s1. The second kappa shape index (κ2) is 9.17. The van der Waals surface area contributed by atoms with Crippen LogP contribution in [0.2, 0.25) is 0 Å². The van der Waals surface area contributed by atoms with Crippen molar-refractivity contribution in [2.24, 2.45) is 0 Å². The van der Waals surface area contributed by atoms with Gasteiger partial charge >= 0.3 is 0 Å². The number of benzene rings is 2. The third-order valence-corrected chi connectivity index (χ3v) is 6.09. The van der Waals surface area contributed by atoms with Crippen LogP contribution in [0.25, 0.3) is 0 Å². The van der Waals surface area contributed by atoms with Crippen LogP contribution >= 0.6 is 11.8 Å². The summed E-state index contributed by atoms with van der Waals surface area (Å²) in [6, 6.07) is 15.7. The Morgan fingerprint density at radius 2 is 1.80 bits per heavy atom. The molecule has 4 rings (SSSR count). The van der Waals surface area contributed by atoms with Crippen molar-refractivity contribution in [2.45, 2.75) is 29.9 Å². The Hall–Kier alpha value is -3.07. The highest BCUT2D eigenvalue weighted by Gasteiger charge is 2.30. The fourth-order valence-electron chi connectivity index (χ4n) is 3.29. The first-order chi connectivity index (χ1) is 14.6. The van der Waals surface area contributed by atoms with Crippen LogP contribution in [0.15, 0.2) is 59.8 Å². The van der Waals surface area contributed by atoms with Gasteiger partial charge in [-0.05, 0) is 30.5 Å². The van der Waals surface area contributed by atoms with E-state index in [1.165, 1.54) is 28.6 Å². The van der Waals surface area contributed by atoms with Crippen molar-refractivity contribution in [3.63, 3.8) is 0 Å². The summed E-state index contributed by atoms with van der Waals surface area (Å²) in [4.78, 5) is 15.0. The molecule has 0 aliphatic carbocycles. The van der Waals surface area contributed by atoms with Crippen LogP contribution in [0.5, 0.6) is 5.75 Å². The minimum atomic E-state index is -0.476. The smallest absolute Gasteiger partial charge is 0.240 e. The topological polar surface area (TPSA) is 86.3 Å². The molecule has 7 nitrogen and oxygen atoms in total. The molecule has 1 saturated heterocycles. The van der Waals surface area contributed by atoms with Gasteiger partial charge in [0.05, 0.1) is 0 Å². The van der Waals surface area contributed by atoms with Crippen molar-refractivity contribution >= 4 is 17.7 Å². The quantitative estimate of drug-likeness (QED) is 0.460. The molecule has 2 aromatic carbocycles. The molecule has 156 valence electrons. The number of aromatic nitrogens is 3. The second-order valence-electron chi connectivity index (χ2n) is 6.93. The number of rotatable bonds is 7. The molecule has 2 heterocycles. The number of carbonyl (C=O) groups excluding carboxylic acids is 1. The predicted molar refractivity (Wildman–Crippen MR) is 112 cm³/mol. The van der Waals surface area contributed by atoms with E-state index in [-0.39, 0.29) is 18.3 Å². The molecule has 30 heavy (non-hydrogen) atoms. The number of nitrogens with zero attached hydrogens (tertiary/aromatic N) is 4. The molecular weight excluding hydrogens is 405 g/mol. The van der Waals surface area contributed by atoms with Crippen LogP contribution in [0.3, 0.4) is 0 Å². The number of thioether (sulfide) groups is 1. The summed E-state index contributed by atoms with van der Waals surface area (Å²) in [5.41, 5.74) is 0.881. The zero-order valence-electron chi connectivity index (χ0n) is 16.3. The molecule has 1 atom stereocenters. The van der Waals surface area contributed by atoms with Gasteiger partial charge in [-0.3, -0.25) is 4.79 Å². The zero-order valence-corrected chi connectivity index (χ0v) is 17.1. The number of nitrogen functional groups attached to an aromatic ring is 1. The third kappa shape index (κ3) is 4.40. The molecule has 0 spiro atoms. The van der Waals surface area contributed by atoms with Crippen LogP contribution in [0, 0.1) is 5.82 Å². The Balaban J connectivity index is 1.52. The van der Waals surface area contributed by atoms with Gasteiger partial charge in [-0.15, -0.1) is 10.2 Å². The lowest BCUT2D eigenvalue weighted by atomic mass is 10.1. The predicted octanol–water partition coefficient (Wildman–Crippen LogP) is 3.17. The third-order valence-electron chi connectivity index (χ3n) is 4.90. The maximum absolute atomic E-state index is 13.7. The Morgan fingerprint density at radius 1 is 1.10 bits per heavy atom. The molecule has 1 fully saturated rings. The number of hydrogen-bond donors (Lipinski definition) is 1. The summed E-state index contributed by atoms with van der Waals surface area (Å²) in [6.07, 6.45) is 2.03. The molecule has 1 aliphatic heterocycles. The molecular formula is C21H22FN5O2S. The number of carbonyl (C=O) groups is 1. The number of amides is 1. The Morgan fingerprint density at radius 3 is 2.53 bits per heavy atom. The van der Waals surface area contributed by atoms with Gasteiger partial charge in [-0.25, -0.2) is 9.07 Å². The summed E-state index contributed by atoms with van der Waals surface area (Å²) in [5, 5.41) is 8.11. The van der Waals surface area contributed by atoms with E-state index in [2.05, 4.69) is 10.2 Å². The van der Waals surface area contributed by atoms with E-state index in [4.69, 9.17) is 10.6 Å². The van der Waals surface area contributed by atoms with Crippen LogP contribution < -0.4 is 10.6 Å². The van der Waals surface area contributed by atoms with E-state index in [9.17, 15) is 9.18 Å². The normalized spacial score (nSPS) is 14.6. The van der Waals surface area contributed by atoms with Gasteiger partial charge in [-0.1, -0.05) is 54.2 Å². The summed E-state index contributed by atoms with van der Waals surface area (Å²) >= 11 is 1.25. The maximum Gasteiger partial charge on any atom is 0.240 e. The van der Waals surface area contributed by atoms with Crippen molar-refractivity contribution in [2.75, 3.05) is 18.9 Å². The highest BCUT2D eigenvalue weighted by atomic mass is 32.2. The van der Waals surface area contributed by atoms with Gasteiger partial charge in [-0.2, -0.15) is 0 Å². The van der Waals surface area contributed by atoms with E-state index < -0.39 is 11.1 Å². The van der Waals surface area contributed by atoms with Crippen LogP contribution in [0.1, 0.15) is 29.5 Å². The molecule has 1 aliphatic rings. The van der Waals surface area contributed by atoms with Crippen molar-refractivity contribution in [1.29, 1.82) is 0 Å². The summed E-state index contributed by atoms with van der Waals surface area (Å²) in [7, 11) is 0. The molecule has 9 heteroatoms. The lowest BCUT2D eigenvalue weighted by Gasteiger charge is -2.22. The average molecular weight is 428 g/mol. The van der Waals surface area contributed by atoms with Gasteiger partial charge in [0.15, 0.2) is 17.4 Å². The number of likely N-dealkylation sites (tertiary alicyclic amines) is 1. The Bertz CT molecular complexity index is 1010. The molecule has 0 saturated carbocycles. The van der Waals surface area contributed by atoms with E-state index in [0.717, 1.165) is 31.5 Å². The van der Waals surface area contributed by atoms with Crippen LogP contribution in [-0.2, 0) is 11.4 Å². The molecule has 1 amide bonds. The first-order valence-corrected chi connectivity index (χ1v) is 10.6. The average Bonchev–Trinajstić information content (AvgIpc) is 3.42. The zero-order chi connectivity index (χ0) is 20.9. The first-order valence-electron chi connectivity index (χ1n) is 9.70. The van der Waals surface area contributed by atoms with Crippen molar-refractivity contribution in [1.82, 2.24) is 19.8 Å². The summed E-state index contributed by atoms with van der Waals surface area (Å²) < 4.78 is 20.5. The lowest BCUT2D eigenvalue weighted by molar-refractivity contribution is -0.129. The first kappa shape index (κ1) is 20.2. The van der Waals surface area contributed by atoms with Gasteiger partial charge in [0.2, 0.25) is 11.1 Å². The molecule has 1 aromatic heterocycles. The monoisotopic (exact) mass is 427 g/mol. The van der Waals surface area contributed by atoms with Gasteiger partial charge in [0.1, 0.15) is 11.9 Å². The van der Waals surface area contributed by atoms with Crippen LogP contribution in [-0.4, -0.2) is 38.8 Å². The molecule has 2 N–H and O–H groups in total.